The van der Waals surface area contributed by atoms with Gasteiger partial charge in [0.25, 0.3) is 0 Å². The van der Waals surface area contributed by atoms with Crippen LogP contribution < -0.4 is 5.84 Å². The quantitative estimate of drug-likeness (QED) is 0.396. The minimum Gasteiger partial charge on any atom is -0.506 e. The Labute approximate surface area is 85.3 Å². The maximum absolute atomic E-state index is 10.4. The molecule has 0 aliphatic rings. The number of carboxylic acid groups (broad SMARTS) is 1. The Morgan fingerprint density at radius 2 is 2.21 bits per heavy atom. The largest absolute Gasteiger partial charge is 0.506 e. The molecule has 0 aromatic heterocycles. The van der Waals surface area contributed by atoms with E-state index in [9.17, 15) is 4.79 Å². The zero-order chi connectivity index (χ0) is 10.7. The summed E-state index contributed by atoms with van der Waals surface area (Å²) in [4.78, 5) is 10.4. The van der Waals surface area contributed by atoms with E-state index >= 15 is 0 Å². The number of nitrogens with two attached hydrogens (primary N) is 1. The van der Waals surface area contributed by atoms with E-state index in [1.807, 2.05) is 0 Å². The van der Waals surface area contributed by atoms with Crippen molar-refractivity contribution < 1.29 is 15.0 Å². The molecule has 0 saturated carbocycles. The minimum absolute atomic E-state index is 0.0231. The molecule has 0 radical (unpaired) electrons. The summed E-state index contributed by atoms with van der Waals surface area (Å²) >= 11 is 5.62. The van der Waals surface area contributed by atoms with E-state index in [1.54, 1.807) is 6.07 Å². The Morgan fingerprint density at radius 3 is 2.71 bits per heavy atom. The maximum atomic E-state index is 10.4. The van der Waals surface area contributed by atoms with Crippen molar-refractivity contribution >= 4 is 17.7 Å². The predicted octanol–water partition coefficient (Wildman–Crippen LogP) is 1.40. The van der Waals surface area contributed by atoms with Crippen molar-refractivity contribution in [2.75, 3.05) is 0 Å². The summed E-state index contributed by atoms with van der Waals surface area (Å²) in [6.45, 7) is 0.0231. The third-order valence-corrected chi connectivity index (χ3v) is 1.91. The second-order valence-corrected chi connectivity index (χ2v) is 3.10. The fourth-order valence-corrected chi connectivity index (χ4v) is 1.12. The van der Waals surface area contributed by atoms with Gasteiger partial charge >= 0.3 is 6.09 Å². The molecule has 0 aliphatic carbocycles. The van der Waals surface area contributed by atoms with Gasteiger partial charge in [0, 0.05) is 0 Å². The van der Waals surface area contributed by atoms with E-state index < -0.39 is 6.09 Å². The molecule has 0 fully saturated rings. The monoisotopic (exact) mass is 216 g/mol. The molecule has 14 heavy (non-hydrogen) atoms. The van der Waals surface area contributed by atoms with Crippen molar-refractivity contribution in [3.05, 3.63) is 28.8 Å². The normalized spacial score (nSPS) is 9.86. The highest BCUT2D eigenvalue weighted by Crippen LogP contribution is 2.23. The van der Waals surface area contributed by atoms with Gasteiger partial charge in [0.05, 0.1) is 11.6 Å². The molecule has 1 aromatic rings. The molecule has 0 bridgehead atoms. The number of carbonyl (C=O) groups is 1. The maximum Gasteiger partial charge on any atom is 0.421 e. The van der Waals surface area contributed by atoms with E-state index in [0.717, 1.165) is 0 Å². The molecule has 0 spiro atoms. The summed E-state index contributed by atoms with van der Waals surface area (Å²) in [5, 5.41) is 18.4. The predicted molar refractivity (Wildman–Crippen MR) is 50.9 cm³/mol. The number of aromatic hydroxyl groups is 1. The van der Waals surface area contributed by atoms with Gasteiger partial charge in [-0.15, -0.1) is 0 Å². The smallest absolute Gasteiger partial charge is 0.421 e. The summed E-state index contributed by atoms with van der Waals surface area (Å²) in [7, 11) is 0. The van der Waals surface area contributed by atoms with E-state index in [1.165, 1.54) is 12.1 Å². The number of hydrogen-bond donors (Lipinski definition) is 3. The van der Waals surface area contributed by atoms with Crippen LogP contribution in [-0.4, -0.2) is 21.3 Å². The molecule has 76 valence electrons. The van der Waals surface area contributed by atoms with Crippen LogP contribution in [0, 0.1) is 0 Å². The van der Waals surface area contributed by atoms with Gasteiger partial charge in [0.15, 0.2) is 0 Å². The standard InChI is InChI=1S/C8H9ClN2O3/c9-6-3-5(1-2-7(6)12)4-11(10)8(13)14/h1-3,12H,4,10H2,(H,13,14). The topological polar surface area (TPSA) is 86.8 Å². The van der Waals surface area contributed by atoms with E-state index in [-0.39, 0.29) is 17.3 Å². The number of phenolic OH excluding ortho intramolecular Hbond substituents is 1. The highest BCUT2D eigenvalue weighted by Gasteiger charge is 2.08. The van der Waals surface area contributed by atoms with Crippen LogP contribution in [-0.2, 0) is 6.54 Å². The number of amides is 1. The van der Waals surface area contributed by atoms with Gasteiger partial charge in [0.2, 0.25) is 0 Å². The van der Waals surface area contributed by atoms with Gasteiger partial charge in [-0.2, -0.15) is 0 Å². The lowest BCUT2D eigenvalue weighted by molar-refractivity contribution is 0.143. The van der Waals surface area contributed by atoms with Gasteiger partial charge in [-0.25, -0.2) is 15.6 Å². The number of benzene rings is 1. The number of hydrazine groups is 1. The van der Waals surface area contributed by atoms with Crippen molar-refractivity contribution in [1.29, 1.82) is 0 Å². The van der Waals surface area contributed by atoms with Crippen LogP contribution in [0.15, 0.2) is 18.2 Å². The SMILES string of the molecule is NN(Cc1ccc(O)c(Cl)c1)C(=O)O. The average molecular weight is 217 g/mol. The molecule has 4 N–H and O–H groups in total. The van der Waals surface area contributed by atoms with Crippen molar-refractivity contribution in [2.24, 2.45) is 5.84 Å². The number of nitrogens with zero attached hydrogens (tertiary/aromatic N) is 1. The third kappa shape index (κ3) is 2.51. The number of hydrogen-bond acceptors (Lipinski definition) is 3. The molecular weight excluding hydrogens is 208 g/mol. The van der Waals surface area contributed by atoms with Gasteiger partial charge < -0.3 is 10.2 Å². The van der Waals surface area contributed by atoms with Crippen molar-refractivity contribution in [3.8, 4) is 5.75 Å². The van der Waals surface area contributed by atoms with Crippen LogP contribution in [0.4, 0.5) is 4.79 Å². The van der Waals surface area contributed by atoms with Crippen LogP contribution in [0.5, 0.6) is 5.75 Å². The van der Waals surface area contributed by atoms with Gasteiger partial charge in [0.1, 0.15) is 5.75 Å². The van der Waals surface area contributed by atoms with Crippen molar-refractivity contribution in [1.82, 2.24) is 5.01 Å². The summed E-state index contributed by atoms with van der Waals surface area (Å²) in [5.74, 6) is 5.12. The van der Waals surface area contributed by atoms with Crippen LogP contribution >= 0.6 is 11.6 Å². The lowest BCUT2D eigenvalue weighted by Gasteiger charge is -2.12. The van der Waals surface area contributed by atoms with Crippen LogP contribution in [0.1, 0.15) is 5.56 Å². The molecule has 5 nitrogen and oxygen atoms in total. The Morgan fingerprint density at radius 1 is 1.57 bits per heavy atom. The Balaban J connectivity index is 2.78. The first-order valence-electron chi connectivity index (χ1n) is 3.73. The molecule has 1 aromatic carbocycles. The molecule has 0 saturated heterocycles. The fourth-order valence-electron chi connectivity index (χ4n) is 0.913. The zero-order valence-corrected chi connectivity index (χ0v) is 7.90. The molecule has 0 heterocycles. The van der Waals surface area contributed by atoms with Gasteiger partial charge in [-0.05, 0) is 17.7 Å². The first-order valence-corrected chi connectivity index (χ1v) is 4.11. The molecule has 1 amide bonds. The second-order valence-electron chi connectivity index (χ2n) is 2.70. The minimum atomic E-state index is -1.23. The summed E-state index contributed by atoms with van der Waals surface area (Å²) < 4.78 is 0. The fraction of sp³-hybridized carbons (Fsp3) is 0.125. The number of halogens is 1. The highest BCUT2D eigenvalue weighted by atomic mass is 35.5. The average Bonchev–Trinajstić information content (AvgIpc) is 2.11. The van der Waals surface area contributed by atoms with Crippen LogP contribution in [0.3, 0.4) is 0 Å². The van der Waals surface area contributed by atoms with Gasteiger partial charge in [-0.3, -0.25) is 0 Å². The highest BCUT2D eigenvalue weighted by molar-refractivity contribution is 6.32. The van der Waals surface area contributed by atoms with Crippen molar-refractivity contribution in [3.63, 3.8) is 0 Å². The number of phenols is 1. The Bertz CT molecular complexity index is 356. The second kappa shape index (κ2) is 4.17. The lowest BCUT2D eigenvalue weighted by atomic mass is 10.2. The van der Waals surface area contributed by atoms with Gasteiger partial charge in [-0.1, -0.05) is 17.7 Å². The molecule has 0 atom stereocenters. The van der Waals surface area contributed by atoms with Crippen molar-refractivity contribution in [2.45, 2.75) is 6.54 Å². The van der Waals surface area contributed by atoms with E-state index in [2.05, 4.69) is 0 Å². The van der Waals surface area contributed by atoms with E-state index in [4.69, 9.17) is 27.7 Å². The lowest BCUT2D eigenvalue weighted by Crippen LogP contribution is -2.35. The summed E-state index contributed by atoms with van der Waals surface area (Å²) in [6.07, 6.45) is -1.23. The summed E-state index contributed by atoms with van der Waals surface area (Å²) in [6, 6.07) is 4.39. The van der Waals surface area contributed by atoms with Crippen LogP contribution in [0.25, 0.3) is 0 Å². The molecular formula is C8H9ClN2O3. The number of rotatable bonds is 2. The zero-order valence-electron chi connectivity index (χ0n) is 7.14. The molecule has 0 unspecified atom stereocenters. The third-order valence-electron chi connectivity index (χ3n) is 1.61. The first kappa shape index (κ1) is 10.6. The first-order chi connectivity index (χ1) is 6.50. The summed E-state index contributed by atoms with van der Waals surface area (Å²) in [5.41, 5.74) is 0.609. The Hall–Kier alpha value is -1.46. The molecule has 6 heteroatoms. The molecule has 1 rings (SSSR count). The van der Waals surface area contributed by atoms with Crippen LogP contribution in [0.2, 0.25) is 5.02 Å². The Kier molecular flexibility index (Phi) is 3.16. The van der Waals surface area contributed by atoms with E-state index in [0.29, 0.717) is 10.6 Å². The molecule has 0 aliphatic heterocycles.